The SMILES string of the molecule is Cc1ccc(C(=O)N2CCOCC2Cc2cc(-n3nccn3)ccc2C)c(-n2nccn2)c1. The van der Waals surface area contributed by atoms with Crippen LogP contribution in [0, 0.1) is 13.8 Å². The van der Waals surface area contributed by atoms with Crippen molar-refractivity contribution in [2.45, 2.75) is 26.3 Å². The smallest absolute Gasteiger partial charge is 0.256 e. The highest BCUT2D eigenvalue weighted by molar-refractivity contribution is 5.98. The van der Waals surface area contributed by atoms with Crippen LogP contribution in [0.4, 0.5) is 0 Å². The summed E-state index contributed by atoms with van der Waals surface area (Å²) in [5.41, 5.74) is 5.47. The van der Waals surface area contributed by atoms with Gasteiger partial charge >= 0.3 is 0 Å². The lowest BCUT2D eigenvalue weighted by atomic mass is 9.98. The van der Waals surface area contributed by atoms with Crippen molar-refractivity contribution in [3.05, 3.63) is 83.4 Å². The van der Waals surface area contributed by atoms with E-state index < -0.39 is 0 Å². The third-order valence-corrected chi connectivity index (χ3v) is 5.94. The fourth-order valence-electron chi connectivity index (χ4n) is 4.18. The number of aryl methyl sites for hydroxylation is 2. The van der Waals surface area contributed by atoms with E-state index in [0.29, 0.717) is 37.4 Å². The Morgan fingerprint density at radius 3 is 2.45 bits per heavy atom. The normalized spacial score (nSPS) is 16.2. The Bertz CT molecular complexity index is 1250. The lowest BCUT2D eigenvalue weighted by molar-refractivity contribution is -0.00169. The maximum atomic E-state index is 13.7. The van der Waals surface area contributed by atoms with E-state index >= 15 is 0 Å². The van der Waals surface area contributed by atoms with Crippen LogP contribution in [0.5, 0.6) is 0 Å². The standard InChI is InChI=1S/C24H25N7O2/c1-17-3-6-22(23(13-17)31-27-9-10-28-31)24(32)29-11-12-33-16-21(29)15-19-14-20(5-4-18(19)2)30-25-7-8-26-30/h3-10,13-14,21H,11-12,15-16H2,1-2H3. The first-order valence-corrected chi connectivity index (χ1v) is 10.9. The third-order valence-electron chi connectivity index (χ3n) is 5.94. The summed E-state index contributed by atoms with van der Waals surface area (Å²) in [4.78, 5) is 18.8. The van der Waals surface area contributed by atoms with Crippen LogP contribution >= 0.6 is 0 Å². The number of benzene rings is 2. The van der Waals surface area contributed by atoms with Gasteiger partial charge in [-0.2, -0.15) is 30.0 Å². The van der Waals surface area contributed by atoms with Gasteiger partial charge in [-0.25, -0.2) is 0 Å². The molecule has 3 heterocycles. The molecule has 0 spiro atoms. The fourth-order valence-corrected chi connectivity index (χ4v) is 4.18. The molecule has 1 aliphatic heterocycles. The zero-order valence-electron chi connectivity index (χ0n) is 18.6. The molecule has 9 nitrogen and oxygen atoms in total. The predicted octanol–water partition coefficient (Wildman–Crippen LogP) is 2.55. The van der Waals surface area contributed by atoms with Crippen molar-refractivity contribution in [2.24, 2.45) is 0 Å². The molecule has 5 rings (SSSR count). The minimum atomic E-state index is -0.0921. The van der Waals surface area contributed by atoms with Gasteiger partial charge in [-0.1, -0.05) is 12.1 Å². The lowest BCUT2D eigenvalue weighted by Gasteiger charge is -2.36. The summed E-state index contributed by atoms with van der Waals surface area (Å²) in [6, 6.07) is 11.8. The van der Waals surface area contributed by atoms with E-state index in [-0.39, 0.29) is 11.9 Å². The quantitative estimate of drug-likeness (QED) is 0.471. The van der Waals surface area contributed by atoms with Crippen LogP contribution in [0.25, 0.3) is 11.4 Å². The van der Waals surface area contributed by atoms with E-state index in [1.165, 1.54) is 4.80 Å². The summed E-state index contributed by atoms with van der Waals surface area (Å²) in [5, 5.41) is 16.9. The number of aromatic nitrogens is 6. The molecule has 0 saturated carbocycles. The average molecular weight is 444 g/mol. The average Bonchev–Trinajstić information content (AvgIpc) is 3.55. The first kappa shape index (κ1) is 21.0. The molecule has 1 saturated heterocycles. The van der Waals surface area contributed by atoms with Gasteiger partial charge in [0, 0.05) is 6.54 Å². The van der Waals surface area contributed by atoms with Crippen LogP contribution in [0.3, 0.4) is 0 Å². The summed E-state index contributed by atoms with van der Waals surface area (Å²) < 4.78 is 5.78. The number of nitrogens with zero attached hydrogens (tertiary/aromatic N) is 7. The van der Waals surface area contributed by atoms with Gasteiger partial charge in [-0.15, -0.1) is 0 Å². The molecule has 2 aromatic heterocycles. The molecule has 1 unspecified atom stereocenters. The number of amides is 1. The molecule has 168 valence electrons. The molecule has 2 aromatic carbocycles. The number of ether oxygens (including phenoxy) is 1. The van der Waals surface area contributed by atoms with Crippen LogP contribution in [0.1, 0.15) is 27.0 Å². The van der Waals surface area contributed by atoms with E-state index in [1.54, 1.807) is 29.6 Å². The number of hydrogen-bond acceptors (Lipinski definition) is 6. The minimum Gasteiger partial charge on any atom is -0.377 e. The van der Waals surface area contributed by atoms with Crippen molar-refractivity contribution in [2.75, 3.05) is 19.8 Å². The van der Waals surface area contributed by atoms with Gasteiger partial charge in [0.2, 0.25) is 0 Å². The van der Waals surface area contributed by atoms with Gasteiger partial charge in [0.05, 0.1) is 61.0 Å². The first-order valence-electron chi connectivity index (χ1n) is 10.9. The van der Waals surface area contributed by atoms with Gasteiger partial charge < -0.3 is 9.64 Å². The molecule has 9 heteroatoms. The maximum Gasteiger partial charge on any atom is 0.256 e. The van der Waals surface area contributed by atoms with E-state index in [4.69, 9.17) is 4.74 Å². The lowest BCUT2D eigenvalue weighted by Crippen LogP contribution is -2.50. The van der Waals surface area contributed by atoms with Crippen molar-refractivity contribution < 1.29 is 9.53 Å². The van der Waals surface area contributed by atoms with Crippen LogP contribution in [-0.4, -0.2) is 66.6 Å². The second-order valence-electron chi connectivity index (χ2n) is 8.20. The van der Waals surface area contributed by atoms with Gasteiger partial charge in [0.1, 0.15) is 0 Å². The molecular formula is C24H25N7O2. The van der Waals surface area contributed by atoms with Gasteiger partial charge in [0.25, 0.3) is 5.91 Å². The molecule has 4 aromatic rings. The van der Waals surface area contributed by atoms with E-state index in [1.807, 2.05) is 36.1 Å². The second kappa shape index (κ2) is 8.95. The van der Waals surface area contributed by atoms with Crippen LogP contribution < -0.4 is 0 Å². The summed E-state index contributed by atoms with van der Waals surface area (Å²) in [6.45, 7) is 5.59. The minimum absolute atomic E-state index is 0.0434. The Labute approximate surface area is 191 Å². The van der Waals surface area contributed by atoms with E-state index in [2.05, 4.69) is 39.5 Å². The molecule has 1 amide bonds. The molecule has 0 radical (unpaired) electrons. The Morgan fingerprint density at radius 1 is 0.970 bits per heavy atom. The number of hydrogen-bond donors (Lipinski definition) is 0. The Morgan fingerprint density at radius 2 is 1.70 bits per heavy atom. The highest BCUT2D eigenvalue weighted by atomic mass is 16.5. The predicted molar refractivity (Wildman–Crippen MR) is 122 cm³/mol. The fraction of sp³-hybridized carbons (Fsp3) is 0.292. The zero-order chi connectivity index (χ0) is 22.8. The molecule has 33 heavy (non-hydrogen) atoms. The van der Waals surface area contributed by atoms with Crippen LogP contribution in [-0.2, 0) is 11.2 Å². The Balaban J connectivity index is 1.45. The summed E-state index contributed by atoms with van der Waals surface area (Å²) >= 11 is 0. The van der Waals surface area contributed by atoms with Crippen molar-refractivity contribution >= 4 is 5.91 Å². The van der Waals surface area contributed by atoms with Crippen molar-refractivity contribution in [3.63, 3.8) is 0 Å². The largest absolute Gasteiger partial charge is 0.377 e. The molecule has 0 bridgehead atoms. The van der Waals surface area contributed by atoms with E-state index in [9.17, 15) is 4.79 Å². The molecule has 1 aliphatic rings. The summed E-state index contributed by atoms with van der Waals surface area (Å²) in [7, 11) is 0. The second-order valence-corrected chi connectivity index (χ2v) is 8.20. The van der Waals surface area contributed by atoms with Crippen molar-refractivity contribution in [1.82, 2.24) is 34.9 Å². The van der Waals surface area contributed by atoms with Crippen LogP contribution in [0.2, 0.25) is 0 Å². The van der Waals surface area contributed by atoms with Gasteiger partial charge in [-0.05, 0) is 61.2 Å². The highest BCUT2D eigenvalue weighted by Gasteiger charge is 2.30. The van der Waals surface area contributed by atoms with Crippen molar-refractivity contribution in [1.29, 1.82) is 0 Å². The number of carbonyl (C=O) groups excluding carboxylic acids is 1. The Kier molecular flexibility index (Phi) is 5.70. The molecule has 1 atom stereocenters. The monoisotopic (exact) mass is 443 g/mol. The van der Waals surface area contributed by atoms with Crippen molar-refractivity contribution in [3.8, 4) is 11.4 Å². The topological polar surface area (TPSA) is 91.0 Å². The van der Waals surface area contributed by atoms with E-state index in [0.717, 1.165) is 22.4 Å². The molecular weight excluding hydrogens is 418 g/mol. The van der Waals surface area contributed by atoms with Gasteiger partial charge in [-0.3, -0.25) is 4.79 Å². The number of rotatable bonds is 5. The van der Waals surface area contributed by atoms with Crippen LogP contribution in [0.15, 0.2) is 61.2 Å². The molecule has 1 fully saturated rings. The summed E-state index contributed by atoms with van der Waals surface area (Å²) in [6.07, 6.45) is 7.20. The first-order chi connectivity index (χ1) is 16.1. The molecule has 0 aliphatic carbocycles. The third kappa shape index (κ3) is 4.27. The highest BCUT2D eigenvalue weighted by Crippen LogP contribution is 2.23. The van der Waals surface area contributed by atoms with Gasteiger partial charge in [0.15, 0.2) is 0 Å². The maximum absolute atomic E-state index is 13.7. The molecule has 0 N–H and O–H groups in total. The zero-order valence-corrected chi connectivity index (χ0v) is 18.6. The number of morpholine rings is 1. The summed E-state index contributed by atoms with van der Waals surface area (Å²) in [5.74, 6) is -0.0434. The number of carbonyl (C=O) groups is 1. The Hall–Kier alpha value is -3.85.